The van der Waals surface area contributed by atoms with Crippen molar-refractivity contribution >= 4 is 17.7 Å². The molecule has 0 aliphatic rings. The Morgan fingerprint density at radius 3 is 2.94 bits per heavy atom. The summed E-state index contributed by atoms with van der Waals surface area (Å²) in [5.41, 5.74) is 7.63. The highest BCUT2D eigenvalue weighted by Gasteiger charge is 2.07. The molecule has 18 heavy (non-hydrogen) atoms. The molecular formula is C13H15N3OS. The third-order valence-corrected chi connectivity index (χ3v) is 3.65. The number of rotatable bonds is 5. The summed E-state index contributed by atoms with van der Waals surface area (Å²) in [5.74, 6) is -0.0735. The molecule has 0 aliphatic carbocycles. The van der Waals surface area contributed by atoms with Gasteiger partial charge in [0.05, 0.1) is 5.75 Å². The summed E-state index contributed by atoms with van der Waals surface area (Å²) in [6.45, 7) is 2.84. The first-order valence-corrected chi connectivity index (χ1v) is 6.62. The fraction of sp³-hybridized carbons (Fsp3) is 0.231. The number of thioether (sulfide) groups is 1. The molecule has 0 spiro atoms. The van der Waals surface area contributed by atoms with Gasteiger partial charge in [-0.05, 0) is 18.1 Å². The van der Waals surface area contributed by atoms with Crippen molar-refractivity contribution in [2.45, 2.75) is 18.6 Å². The molecule has 1 aromatic carbocycles. The van der Waals surface area contributed by atoms with Crippen LogP contribution in [0.5, 0.6) is 0 Å². The van der Waals surface area contributed by atoms with E-state index >= 15 is 0 Å². The lowest BCUT2D eigenvalue weighted by atomic mass is 10.1. The molecule has 1 amide bonds. The van der Waals surface area contributed by atoms with E-state index in [0.717, 1.165) is 11.7 Å². The number of carbonyl (C=O) groups excluding carboxylic acids is 1. The average molecular weight is 261 g/mol. The highest BCUT2D eigenvalue weighted by Crippen LogP contribution is 2.18. The first-order chi connectivity index (χ1) is 8.66. The van der Waals surface area contributed by atoms with Gasteiger partial charge < -0.3 is 10.3 Å². The van der Waals surface area contributed by atoms with Crippen molar-refractivity contribution in [2.75, 3.05) is 5.75 Å². The van der Waals surface area contributed by atoms with E-state index in [4.69, 9.17) is 5.73 Å². The van der Waals surface area contributed by atoms with Gasteiger partial charge in [0.2, 0.25) is 5.91 Å². The molecule has 2 aromatic rings. The molecule has 0 saturated carbocycles. The molecule has 0 unspecified atom stereocenters. The van der Waals surface area contributed by atoms with Crippen molar-refractivity contribution < 1.29 is 4.79 Å². The first-order valence-electron chi connectivity index (χ1n) is 5.63. The van der Waals surface area contributed by atoms with Crippen LogP contribution < -0.4 is 5.73 Å². The molecular weight excluding hydrogens is 246 g/mol. The van der Waals surface area contributed by atoms with Crippen molar-refractivity contribution in [1.29, 1.82) is 0 Å². The van der Waals surface area contributed by atoms with Crippen LogP contribution in [0.15, 0.2) is 41.8 Å². The number of hydrogen-bond acceptors (Lipinski definition) is 3. The van der Waals surface area contributed by atoms with Crippen LogP contribution in [0.2, 0.25) is 0 Å². The Kier molecular flexibility index (Phi) is 4.04. The van der Waals surface area contributed by atoms with E-state index in [-0.39, 0.29) is 11.7 Å². The van der Waals surface area contributed by atoms with Gasteiger partial charge in [-0.3, -0.25) is 4.79 Å². The number of nitrogens with zero attached hydrogens (tertiary/aromatic N) is 2. The van der Waals surface area contributed by atoms with Gasteiger partial charge in [-0.1, -0.05) is 36.0 Å². The van der Waals surface area contributed by atoms with Crippen molar-refractivity contribution in [1.82, 2.24) is 9.55 Å². The molecule has 0 bridgehead atoms. The van der Waals surface area contributed by atoms with Crippen LogP contribution in [-0.4, -0.2) is 21.2 Å². The van der Waals surface area contributed by atoms with E-state index in [0.29, 0.717) is 0 Å². The normalized spacial score (nSPS) is 10.5. The lowest BCUT2D eigenvalue weighted by Crippen LogP contribution is -2.14. The van der Waals surface area contributed by atoms with Crippen LogP contribution >= 0.6 is 11.8 Å². The van der Waals surface area contributed by atoms with Crippen molar-refractivity contribution in [2.24, 2.45) is 5.73 Å². The number of imidazole rings is 1. The zero-order chi connectivity index (χ0) is 13.0. The Balaban J connectivity index is 2.12. The Labute approximate surface area is 110 Å². The molecule has 2 N–H and O–H groups in total. The summed E-state index contributed by atoms with van der Waals surface area (Å²) in [5, 5.41) is 0.817. The molecule has 0 saturated heterocycles. The van der Waals surface area contributed by atoms with Gasteiger partial charge in [-0.25, -0.2) is 4.98 Å². The maximum absolute atomic E-state index is 10.8. The van der Waals surface area contributed by atoms with E-state index in [2.05, 4.69) is 24.0 Å². The second-order valence-corrected chi connectivity index (χ2v) is 4.96. The van der Waals surface area contributed by atoms with Gasteiger partial charge >= 0.3 is 0 Å². The minimum atomic E-state index is -0.328. The zero-order valence-corrected chi connectivity index (χ0v) is 11.0. The molecule has 0 atom stereocenters. The minimum absolute atomic E-state index is 0.255. The number of aromatic nitrogens is 2. The van der Waals surface area contributed by atoms with Crippen molar-refractivity contribution in [3.05, 3.63) is 47.8 Å². The Morgan fingerprint density at radius 1 is 1.44 bits per heavy atom. The molecule has 0 radical (unpaired) electrons. The van der Waals surface area contributed by atoms with Crippen molar-refractivity contribution in [3.63, 3.8) is 0 Å². The van der Waals surface area contributed by atoms with Gasteiger partial charge in [0.1, 0.15) is 0 Å². The number of aryl methyl sites for hydroxylation is 1. The summed E-state index contributed by atoms with van der Waals surface area (Å²) in [6.07, 6.45) is 3.65. The van der Waals surface area contributed by atoms with E-state index in [1.807, 2.05) is 22.9 Å². The minimum Gasteiger partial charge on any atom is -0.369 e. The first kappa shape index (κ1) is 12.7. The summed E-state index contributed by atoms with van der Waals surface area (Å²) < 4.78 is 2.02. The molecule has 4 nitrogen and oxygen atoms in total. The van der Waals surface area contributed by atoms with Crippen LogP contribution in [0, 0.1) is 6.92 Å². The summed E-state index contributed by atoms with van der Waals surface area (Å²) in [4.78, 5) is 15.0. The lowest BCUT2D eigenvalue weighted by molar-refractivity contribution is -0.115. The van der Waals surface area contributed by atoms with Gasteiger partial charge in [0.25, 0.3) is 0 Å². The fourth-order valence-electron chi connectivity index (χ4n) is 1.66. The topological polar surface area (TPSA) is 60.9 Å². The predicted octanol–water partition coefficient (Wildman–Crippen LogP) is 1.82. The third kappa shape index (κ3) is 3.13. The molecule has 1 heterocycles. The number of primary amides is 1. The van der Waals surface area contributed by atoms with Crippen LogP contribution in [0.25, 0.3) is 0 Å². The maximum Gasteiger partial charge on any atom is 0.227 e. The fourth-order valence-corrected chi connectivity index (χ4v) is 2.36. The van der Waals surface area contributed by atoms with E-state index in [9.17, 15) is 4.79 Å². The molecule has 5 heteroatoms. The molecule has 94 valence electrons. The maximum atomic E-state index is 10.8. The Hall–Kier alpha value is -1.75. The zero-order valence-electron chi connectivity index (χ0n) is 10.2. The summed E-state index contributed by atoms with van der Waals surface area (Å²) in [6, 6.07) is 8.23. The SMILES string of the molecule is Cc1ccccc1Cn1ccnc1SCC(N)=O. The van der Waals surface area contributed by atoms with E-state index in [1.54, 1.807) is 6.20 Å². The quantitative estimate of drug-likeness (QED) is 0.835. The van der Waals surface area contributed by atoms with E-state index in [1.165, 1.54) is 22.9 Å². The lowest BCUT2D eigenvalue weighted by Gasteiger charge is -2.09. The van der Waals surface area contributed by atoms with Crippen LogP contribution in [0.4, 0.5) is 0 Å². The number of nitrogens with two attached hydrogens (primary N) is 1. The van der Waals surface area contributed by atoms with Crippen LogP contribution in [0.1, 0.15) is 11.1 Å². The van der Waals surface area contributed by atoms with Gasteiger partial charge in [0.15, 0.2) is 5.16 Å². The highest BCUT2D eigenvalue weighted by atomic mass is 32.2. The number of carbonyl (C=O) groups is 1. The molecule has 0 aliphatic heterocycles. The monoisotopic (exact) mass is 261 g/mol. The number of amides is 1. The largest absolute Gasteiger partial charge is 0.369 e. The number of hydrogen-bond donors (Lipinski definition) is 1. The summed E-state index contributed by atoms with van der Waals surface area (Å²) >= 11 is 1.36. The molecule has 2 rings (SSSR count). The van der Waals surface area contributed by atoms with Crippen LogP contribution in [0.3, 0.4) is 0 Å². The highest BCUT2D eigenvalue weighted by molar-refractivity contribution is 7.99. The third-order valence-electron chi connectivity index (χ3n) is 2.62. The standard InChI is InChI=1S/C13H15N3OS/c1-10-4-2-3-5-11(10)8-16-7-6-15-13(16)18-9-12(14)17/h2-7H,8-9H2,1H3,(H2,14,17). The average Bonchev–Trinajstić information content (AvgIpc) is 2.77. The second-order valence-electron chi connectivity index (χ2n) is 4.02. The molecule has 1 aromatic heterocycles. The smallest absolute Gasteiger partial charge is 0.227 e. The predicted molar refractivity (Wildman–Crippen MR) is 72.4 cm³/mol. The summed E-state index contributed by atoms with van der Waals surface area (Å²) in [7, 11) is 0. The number of benzene rings is 1. The Morgan fingerprint density at radius 2 is 2.22 bits per heavy atom. The van der Waals surface area contributed by atoms with Gasteiger partial charge in [0, 0.05) is 18.9 Å². The van der Waals surface area contributed by atoms with Crippen molar-refractivity contribution in [3.8, 4) is 0 Å². The Bertz CT molecular complexity index is 551. The van der Waals surface area contributed by atoms with Gasteiger partial charge in [-0.2, -0.15) is 0 Å². The van der Waals surface area contributed by atoms with E-state index < -0.39 is 0 Å². The van der Waals surface area contributed by atoms with Gasteiger partial charge in [-0.15, -0.1) is 0 Å². The second kappa shape index (κ2) is 5.73. The van der Waals surface area contributed by atoms with Crippen LogP contribution in [-0.2, 0) is 11.3 Å². The molecule has 0 fully saturated rings.